The second-order valence-corrected chi connectivity index (χ2v) is 6.44. The quantitative estimate of drug-likeness (QED) is 0.870. The van der Waals surface area contributed by atoms with E-state index in [0.29, 0.717) is 22.9 Å². The van der Waals surface area contributed by atoms with Crippen LogP contribution in [0.3, 0.4) is 0 Å². The van der Waals surface area contributed by atoms with Crippen LogP contribution in [0.5, 0.6) is 0 Å². The van der Waals surface area contributed by atoms with Crippen LogP contribution in [-0.4, -0.2) is 17.0 Å². The lowest BCUT2D eigenvalue weighted by Gasteiger charge is -2.16. The third-order valence-electron chi connectivity index (χ3n) is 3.91. The fourth-order valence-corrected chi connectivity index (χ4v) is 3.23. The van der Waals surface area contributed by atoms with Gasteiger partial charge in [-0.15, -0.1) is 0 Å². The first-order valence-electron chi connectivity index (χ1n) is 6.83. The van der Waals surface area contributed by atoms with E-state index in [2.05, 4.69) is 21.2 Å². The minimum atomic E-state index is -0.925. The van der Waals surface area contributed by atoms with E-state index in [-0.39, 0.29) is 24.2 Å². The van der Waals surface area contributed by atoms with Gasteiger partial charge in [-0.05, 0) is 42.5 Å². The van der Waals surface area contributed by atoms with E-state index < -0.39 is 17.8 Å². The molecule has 1 unspecified atom stereocenters. The molecule has 1 aromatic rings. The number of halogens is 2. The van der Waals surface area contributed by atoms with E-state index >= 15 is 0 Å². The lowest BCUT2D eigenvalue weighted by molar-refractivity contribution is -0.146. The fraction of sp³-hybridized carbons (Fsp3) is 0.467. The maximum atomic E-state index is 13.2. The summed E-state index contributed by atoms with van der Waals surface area (Å²) in [7, 11) is 0. The Bertz CT molecular complexity index is 564. The lowest BCUT2D eigenvalue weighted by Crippen LogP contribution is -2.35. The summed E-state index contributed by atoms with van der Waals surface area (Å²) < 4.78 is 13.9. The Hall–Kier alpha value is -1.43. The first-order valence-corrected chi connectivity index (χ1v) is 7.62. The monoisotopic (exact) mass is 357 g/mol. The fourth-order valence-electron chi connectivity index (χ4n) is 2.85. The number of aliphatic carboxylic acids is 1. The van der Waals surface area contributed by atoms with Crippen LogP contribution in [0.2, 0.25) is 0 Å². The molecular weight excluding hydrogens is 341 g/mol. The molecule has 0 bridgehead atoms. The molecule has 0 spiro atoms. The van der Waals surface area contributed by atoms with Crippen LogP contribution >= 0.6 is 15.9 Å². The van der Waals surface area contributed by atoms with Crippen molar-refractivity contribution >= 4 is 27.8 Å². The zero-order valence-electron chi connectivity index (χ0n) is 11.6. The molecular formula is C15H17BrFNO3. The van der Waals surface area contributed by atoms with Gasteiger partial charge in [-0.3, -0.25) is 9.59 Å². The topological polar surface area (TPSA) is 66.4 Å². The first-order chi connectivity index (χ1) is 9.88. The zero-order valence-corrected chi connectivity index (χ0v) is 13.2. The Balaban J connectivity index is 2.01. The van der Waals surface area contributed by atoms with Gasteiger partial charge in [0, 0.05) is 11.0 Å². The summed E-state index contributed by atoms with van der Waals surface area (Å²) in [5.74, 6) is -2.49. The molecule has 6 heteroatoms. The molecule has 1 aromatic carbocycles. The van der Waals surface area contributed by atoms with E-state index in [0.717, 1.165) is 0 Å². The van der Waals surface area contributed by atoms with Crippen molar-refractivity contribution in [1.29, 1.82) is 0 Å². The highest BCUT2D eigenvalue weighted by Crippen LogP contribution is 2.36. The molecule has 1 fully saturated rings. The number of amides is 1. The highest BCUT2D eigenvalue weighted by Gasteiger charge is 2.41. The Kier molecular flexibility index (Phi) is 4.98. The number of carbonyl (C=O) groups excluding carboxylic acids is 1. The molecule has 2 rings (SSSR count). The molecule has 0 heterocycles. The van der Waals surface area contributed by atoms with E-state index in [4.69, 9.17) is 0 Å². The summed E-state index contributed by atoms with van der Waals surface area (Å²) in [4.78, 5) is 23.4. The van der Waals surface area contributed by atoms with Crippen LogP contribution < -0.4 is 5.32 Å². The Morgan fingerprint density at radius 1 is 1.38 bits per heavy atom. The summed E-state index contributed by atoms with van der Waals surface area (Å²) >= 11 is 3.30. The van der Waals surface area contributed by atoms with Gasteiger partial charge >= 0.3 is 5.97 Å². The van der Waals surface area contributed by atoms with Crippen molar-refractivity contribution in [3.05, 3.63) is 34.1 Å². The highest BCUT2D eigenvalue weighted by molar-refractivity contribution is 9.10. The molecule has 114 valence electrons. The largest absolute Gasteiger partial charge is 0.481 e. The molecule has 1 saturated carbocycles. The van der Waals surface area contributed by atoms with Gasteiger partial charge in [-0.2, -0.15) is 0 Å². The standard InChI is InChI=1S/C15H17BrFNO3/c1-8-4-11(12(5-8)15(20)21)14(19)18-7-9-6-10(17)2-3-13(9)16/h2-3,6,8,11-12H,4-5,7H2,1H3,(H,18,19)(H,20,21)/t8?,11-,12+/m0/s1. The van der Waals surface area contributed by atoms with E-state index in [1.165, 1.54) is 12.1 Å². The third-order valence-corrected chi connectivity index (χ3v) is 4.69. The van der Waals surface area contributed by atoms with Crippen LogP contribution in [-0.2, 0) is 16.1 Å². The van der Waals surface area contributed by atoms with Gasteiger partial charge in [0.2, 0.25) is 5.91 Å². The summed E-state index contributed by atoms with van der Waals surface area (Å²) in [5.41, 5.74) is 0.626. The van der Waals surface area contributed by atoms with Gasteiger partial charge in [0.05, 0.1) is 11.8 Å². The molecule has 21 heavy (non-hydrogen) atoms. The predicted molar refractivity (Wildman–Crippen MR) is 79.0 cm³/mol. The number of carboxylic acids is 1. The molecule has 4 nitrogen and oxygen atoms in total. The van der Waals surface area contributed by atoms with Gasteiger partial charge in [0.15, 0.2) is 0 Å². The smallest absolute Gasteiger partial charge is 0.307 e. The number of rotatable bonds is 4. The van der Waals surface area contributed by atoms with E-state index in [1.54, 1.807) is 6.07 Å². The Morgan fingerprint density at radius 3 is 2.71 bits per heavy atom. The second-order valence-electron chi connectivity index (χ2n) is 5.58. The van der Waals surface area contributed by atoms with Crippen molar-refractivity contribution in [2.45, 2.75) is 26.3 Å². The van der Waals surface area contributed by atoms with Crippen LogP contribution in [0.4, 0.5) is 4.39 Å². The minimum absolute atomic E-state index is 0.175. The van der Waals surface area contributed by atoms with Crippen LogP contribution in [0.25, 0.3) is 0 Å². The van der Waals surface area contributed by atoms with E-state index in [9.17, 15) is 19.1 Å². The molecule has 0 saturated heterocycles. The van der Waals surface area contributed by atoms with Gasteiger partial charge in [-0.25, -0.2) is 4.39 Å². The first kappa shape index (κ1) is 15.9. The molecule has 0 radical (unpaired) electrons. The van der Waals surface area contributed by atoms with Crippen molar-refractivity contribution in [1.82, 2.24) is 5.32 Å². The van der Waals surface area contributed by atoms with Gasteiger partial charge in [0.1, 0.15) is 5.82 Å². The van der Waals surface area contributed by atoms with Crippen molar-refractivity contribution in [2.24, 2.45) is 17.8 Å². The average Bonchev–Trinajstić information content (AvgIpc) is 2.82. The van der Waals surface area contributed by atoms with Crippen molar-refractivity contribution in [2.75, 3.05) is 0 Å². The molecule has 1 amide bonds. The Labute approximate surface area is 130 Å². The summed E-state index contributed by atoms with van der Waals surface area (Å²) in [6.07, 6.45) is 1.10. The maximum Gasteiger partial charge on any atom is 0.307 e. The van der Waals surface area contributed by atoms with E-state index in [1.807, 2.05) is 6.92 Å². The van der Waals surface area contributed by atoms with Gasteiger partial charge < -0.3 is 10.4 Å². The number of carboxylic acid groups (broad SMARTS) is 1. The van der Waals surface area contributed by atoms with Crippen LogP contribution in [0, 0.1) is 23.6 Å². The maximum absolute atomic E-state index is 13.2. The van der Waals surface area contributed by atoms with Crippen molar-refractivity contribution < 1.29 is 19.1 Å². The number of hydrogen-bond donors (Lipinski definition) is 2. The van der Waals surface area contributed by atoms with Crippen molar-refractivity contribution in [3.8, 4) is 0 Å². The Morgan fingerprint density at radius 2 is 2.05 bits per heavy atom. The van der Waals surface area contributed by atoms with Gasteiger partial charge in [0.25, 0.3) is 0 Å². The predicted octanol–water partition coefficient (Wildman–Crippen LogP) is 2.95. The number of nitrogens with one attached hydrogen (secondary N) is 1. The third kappa shape index (κ3) is 3.81. The van der Waals surface area contributed by atoms with Crippen LogP contribution in [0.15, 0.2) is 22.7 Å². The van der Waals surface area contributed by atoms with Crippen molar-refractivity contribution in [3.63, 3.8) is 0 Å². The molecule has 0 aliphatic heterocycles. The number of benzene rings is 1. The minimum Gasteiger partial charge on any atom is -0.481 e. The normalized spacial score (nSPS) is 24.8. The number of hydrogen-bond acceptors (Lipinski definition) is 2. The molecule has 2 N–H and O–H groups in total. The lowest BCUT2D eigenvalue weighted by atomic mass is 9.95. The number of carbonyl (C=O) groups is 2. The van der Waals surface area contributed by atoms with Crippen LogP contribution in [0.1, 0.15) is 25.3 Å². The molecule has 3 atom stereocenters. The highest BCUT2D eigenvalue weighted by atomic mass is 79.9. The average molecular weight is 358 g/mol. The summed E-state index contributed by atoms with van der Waals surface area (Å²) in [6.45, 7) is 2.13. The summed E-state index contributed by atoms with van der Waals surface area (Å²) in [6, 6.07) is 4.25. The molecule has 1 aliphatic carbocycles. The molecule has 0 aromatic heterocycles. The zero-order chi connectivity index (χ0) is 15.6. The SMILES string of the molecule is CC1C[C@H](C(=O)NCc2cc(F)ccc2Br)[C@H](C(=O)O)C1. The van der Waals surface area contributed by atoms with Gasteiger partial charge in [-0.1, -0.05) is 22.9 Å². The molecule has 1 aliphatic rings. The summed E-state index contributed by atoms with van der Waals surface area (Å²) in [5, 5.41) is 11.9. The second kappa shape index (κ2) is 6.56.